The van der Waals surface area contributed by atoms with Crippen LogP contribution < -0.4 is 10.5 Å². The summed E-state index contributed by atoms with van der Waals surface area (Å²) in [6.45, 7) is 0.352. The summed E-state index contributed by atoms with van der Waals surface area (Å²) in [5, 5.41) is 0. The molecule has 0 spiro atoms. The highest BCUT2D eigenvalue weighted by Gasteiger charge is 2.06. The van der Waals surface area contributed by atoms with Gasteiger partial charge in [0.2, 0.25) is 5.88 Å². The first-order chi connectivity index (χ1) is 8.24. The van der Waals surface area contributed by atoms with Crippen LogP contribution in [0.15, 0.2) is 36.5 Å². The number of nitrogens with zero attached hydrogens (tertiary/aromatic N) is 1. The van der Waals surface area contributed by atoms with E-state index in [4.69, 9.17) is 10.5 Å². The van der Waals surface area contributed by atoms with Crippen molar-refractivity contribution in [3.63, 3.8) is 0 Å². The number of pyridine rings is 1. The third kappa shape index (κ3) is 2.42. The lowest BCUT2D eigenvalue weighted by Gasteiger charge is -2.08. The monoisotopic (exact) mass is 232 g/mol. The molecule has 0 radical (unpaired) electrons. The van der Waals surface area contributed by atoms with E-state index in [0.717, 1.165) is 16.7 Å². The lowest BCUT2D eigenvalue weighted by molar-refractivity contribution is 0.393. The molecule has 2 rings (SSSR count). The molecule has 0 aliphatic heterocycles. The Hall–Kier alpha value is -1.94. The first-order valence-electron chi connectivity index (χ1n) is 5.23. The van der Waals surface area contributed by atoms with E-state index in [9.17, 15) is 4.39 Å². The van der Waals surface area contributed by atoms with E-state index >= 15 is 0 Å². The molecule has 17 heavy (non-hydrogen) atoms. The van der Waals surface area contributed by atoms with E-state index in [-0.39, 0.29) is 5.82 Å². The summed E-state index contributed by atoms with van der Waals surface area (Å²) >= 11 is 0. The van der Waals surface area contributed by atoms with Crippen LogP contribution in [0.2, 0.25) is 0 Å². The standard InChI is InChI=1S/C13H13FN2O/c1-17-13-10(7-15)6-11(8-16-13)9-2-4-12(14)5-3-9/h2-6,8H,7,15H2,1H3. The first kappa shape index (κ1) is 11.5. The first-order valence-corrected chi connectivity index (χ1v) is 5.23. The minimum Gasteiger partial charge on any atom is -0.481 e. The highest BCUT2D eigenvalue weighted by Crippen LogP contribution is 2.24. The summed E-state index contributed by atoms with van der Waals surface area (Å²) in [6.07, 6.45) is 1.69. The maximum atomic E-state index is 12.8. The van der Waals surface area contributed by atoms with Crippen molar-refractivity contribution in [2.75, 3.05) is 7.11 Å². The fourth-order valence-electron chi connectivity index (χ4n) is 1.63. The van der Waals surface area contributed by atoms with Crippen LogP contribution in [0.3, 0.4) is 0 Å². The third-order valence-electron chi connectivity index (χ3n) is 2.52. The normalized spacial score (nSPS) is 10.3. The highest BCUT2D eigenvalue weighted by molar-refractivity contribution is 5.63. The molecule has 1 aromatic carbocycles. The molecule has 0 bridgehead atoms. The molecule has 88 valence electrons. The van der Waals surface area contributed by atoms with Crippen LogP contribution in [0.25, 0.3) is 11.1 Å². The van der Waals surface area contributed by atoms with Crippen molar-refractivity contribution >= 4 is 0 Å². The third-order valence-corrected chi connectivity index (χ3v) is 2.52. The molecule has 1 heterocycles. The van der Waals surface area contributed by atoms with E-state index < -0.39 is 0 Å². The van der Waals surface area contributed by atoms with Gasteiger partial charge in [0.25, 0.3) is 0 Å². The van der Waals surface area contributed by atoms with Crippen LogP contribution in [-0.4, -0.2) is 12.1 Å². The number of rotatable bonds is 3. The molecule has 2 aromatic rings. The van der Waals surface area contributed by atoms with Gasteiger partial charge in [-0.25, -0.2) is 9.37 Å². The van der Waals surface area contributed by atoms with Gasteiger partial charge >= 0.3 is 0 Å². The van der Waals surface area contributed by atoms with Crippen LogP contribution >= 0.6 is 0 Å². The van der Waals surface area contributed by atoms with E-state index in [2.05, 4.69) is 4.98 Å². The number of nitrogens with two attached hydrogens (primary N) is 1. The number of aromatic nitrogens is 1. The van der Waals surface area contributed by atoms with Crippen LogP contribution in [0.1, 0.15) is 5.56 Å². The Balaban J connectivity index is 2.42. The Kier molecular flexibility index (Phi) is 3.35. The minimum absolute atomic E-state index is 0.255. The van der Waals surface area contributed by atoms with E-state index in [0.29, 0.717) is 12.4 Å². The van der Waals surface area contributed by atoms with Crippen LogP contribution in [0.5, 0.6) is 5.88 Å². The molecule has 2 N–H and O–H groups in total. The molecule has 3 nitrogen and oxygen atoms in total. The summed E-state index contributed by atoms with van der Waals surface area (Å²) in [4.78, 5) is 4.17. The van der Waals surface area contributed by atoms with Gasteiger partial charge in [-0.1, -0.05) is 12.1 Å². The van der Waals surface area contributed by atoms with Crippen molar-refractivity contribution in [3.05, 3.63) is 47.9 Å². The zero-order valence-corrected chi connectivity index (χ0v) is 9.48. The summed E-state index contributed by atoms with van der Waals surface area (Å²) in [6, 6.07) is 8.15. The second kappa shape index (κ2) is 4.93. The van der Waals surface area contributed by atoms with Gasteiger partial charge in [-0.3, -0.25) is 0 Å². The quantitative estimate of drug-likeness (QED) is 0.883. The Bertz CT molecular complexity index is 511. The number of methoxy groups -OCH3 is 1. The fraction of sp³-hybridized carbons (Fsp3) is 0.154. The van der Waals surface area contributed by atoms with Crippen LogP contribution in [0, 0.1) is 5.82 Å². The predicted molar refractivity (Wildman–Crippen MR) is 64.1 cm³/mol. The average molecular weight is 232 g/mol. The molecule has 0 atom stereocenters. The van der Waals surface area contributed by atoms with E-state index in [1.807, 2.05) is 6.07 Å². The number of halogens is 1. The van der Waals surface area contributed by atoms with Crippen LogP contribution in [0.4, 0.5) is 4.39 Å². The maximum Gasteiger partial charge on any atom is 0.217 e. The SMILES string of the molecule is COc1ncc(-c2ccc(F)cc2)cc1CN. The van der Waals surface area contributed by atoms with Gasteiger partial charge < -0.3 is 10.5 Å². The van der Waals surface area contributed by atoms with Crippen molar-refractivity contribution in [2.24, 2.45) is 5.73 Å². The van der Waals surface area contributed by atoms with Gasteiger partial charge in [-0.05, 0) is 23.8 Å². The van der Waals surface area contributed by atoms with E-state index in [1.165, 1.54) is 12.1 Å². The summed E-state index contributed by atoms with van der Waals surface area (Å²) in [7, 11) is 1.55. The van der Waals surface area contributed by atoms with Crippen molar-refractivity contribution in [1.82, 2.24) is 4.98 Å². The molecule has 0 aliphatic carbocycles. The molecule has 0 saturated carbocycles. The fourth-order valence-corrected chi connectivity index (χ4v) is 1.63. The molecule has 0 aliphatic rings. The van der Waals surface area contributed by atoms with Gasteiger partial charge in [0, 0.05) is 23.9 Å². The minimum atomic E-state index is -0.255. The molecular weight excluding hydrogens is 219 g/mol. The summed E-state index contributed by atoms with van der Waals surface area (Å²) in [5.41, 5.74) is 8.24. The number of benzene rings is 1. The Morgan fingerprint density at radius 2 is 1.94 bits per heavy atom. The smallest absolute Gasteiger partial charge is 0.217 e. The second-order valence-corrected chi connectivity index (χ2v) is 3.60. The number of hydrogen-bond donors (Lipinski definition) is 1. The van der Waals surface area contributed by atoms with Gasteiger partial charge in [0.1, 0.15) is 5.82 Å². The lowest BCUT2D eigenvalue weighted by atomic mass is 10.1. The molecule has 0 saturated heterocycles. The molecule has 0 fully saturated rings. The van der Waals surface area contributed by atoms with Gasteiger partial charge in [0.15, 0.2) is 0 Å². The molecule has 4 heteroatoms. The zero-order valence-electron chi connectivity index (χ0n) is 9.48. The largest absolute Gasteiger partial charge is 0.481 e. The maximum absolute atomic E-state index is 12.8. The van der Waals surface area contributed by atoms with Gasteiger partial charge in [-0.2, -0.15) is 0 Å². The number of ether oxygens (including phenoxy) is 1. The molecule has 0 unspecified atom stereocenters. The molecule has 0 amide bonds. The van der Waals surface area contributed by atoms with Crippen molar-refractivity contribution < 1.29 is 9.13 Å². The van der Waals surface area contributed by atoms with Crippen molar-refractivity contribution in [2.45, 2.75) is 6.54 Å². The van der Waals surface area contributed by atoms with Gasteiger partial charge in [-0.15, -0.1) is 0 Å². The molecule has 1 aromatic heterocycles. The van der Waals surface area contributed by atoms with Crippen molar-refractivity contribution in [3.8, 4) is 17.0 Å². The predicted octanol–water partition coefficient (Wildman–Crippen LogP) is 2.35. The van der Waals surface area contributed by atoms with Crippen LogP contribution in [-0.2, 0) is 6.54 Å². The Labute approximate surface area is 99.1 Å². The summed E-state index contributed by atoms with van der Waals surface area (Å²) < 4.78 is 17.9. The van der Waals surface area contributed by atoms with Gasteiger partial charge in [0.05, 0.1) is 7.11 Å². The Morgan fingerprint density at radius 3 is 2.53 bits per heavy atom. The van der Waals surface area contributed by atoms with E-state index in [1.54, 1.807) is 25.4 Å². The zero-order chi connectivity index (χ0) is 12.3. The average Bonchev–Trinajstić information content (AvgIpc) is 2.39. The van der Waals surface area contributed by atoms with Crippen molar-refractivity contribution in [1.29, 1.82) is 0 Å². The summed E-state index contributed by atoms with van der Waals surface area (Å²) in [5.74, 6) is 0.271. The second-order valence-electron chi connectivity index (χ2n) is 3.60. The topological polar surface area (TPSA) is 48.1 Å². The Morgan fingerprint density at radius 1 is 1.24 bits per heavy atom. The number of hydrogen-bond acceptors (Lipinski definition) is 3. The highest BCUT2D eigenvalue weighted by atomic mass is 19.1. The molecular formula is C13H13FN2O. The lowest BCUT2D eigenvalue weighted by Crippen LogP contribution is -2.02.